The molecule has 1 rings (SSSR count). The highest BCUT2D eigenvalue weighted by atomic mass is 15.2. The summed E-state index contributed by atoms with van der Waals surface area (Å²) in [6.45, 7) is 8.66. The van der Waals surface area contributed by atoms with Gasteiger partial charge in [-0.1, -0.05) is 19.8 Å². The third-order valence-electron chi connectivity index (χ3n) is 4.12. The van der Waals surface area contributed by atoms with E-state index in [1.807, 2.05) is 7.05 Å². The molecule has 108 valence electrons. The summed E-state index contributed by atoms with van der Waals surface area (Å²) in [5.41, 5.74) is 0. The van der Waals surface area contributed by atoms with Crippen LogP contribution < -0.4 is 5.32 Å². The van der Waals surface area contributed by atoms with E-state index in [-0.39, 0.29) is 0 Å². The van der Waals surface area contributed by atoms with Gasteiger partial charge < -0.3 is 10.2 Å². The number of nitrogens with one attached hydrogen (secondary N) is 1. The molecule has 1 fully saturated rings. The third-order valence-corrected chi connectivity index (χ3v) is 4.12. The third kappa shape index (κ3) is 6.17. The summed E-state index contributed by atoms with van der Waals surface area (Å²) in [5, 5.41) is 3.22. The molecule has 1 aliphatic rings. The summed E-state index contributed by atoms with van der Waals surface area (Å²) < 4.78 is 0. The minimum absolute atomic E-state index is 0.787. The molecule has 0 aromatic carbocycles. The second-order valence-corrected chi connectivity index (χ2v) is 5.73. The fourth-order valence-corrected chi connectivity index (χ4v) is 2.94. The Balaban J connectivity index is 2.17. The van der Waals surface area contributed by atoms with Gasteiger partial charge >= 0.3 is 0 Å². The van der Waals surface area contributed by atoms with Crippen LogP contribution in [0.15, 0.2) is 0 Å². The van der Waals surface area contributed by atoms with E-state index >= 15 is 0 Å². The second-order valence-electron chi connectivity index (χ2n) is 5.73. The van der Waals surface area contributed by atoms with E-state index in [4.69, 9.17) is 0 Å². The highest BCUT2D eigenvalue weighted by Crippen LogP contribution is 2.13. The van der Waals surface area contributed by atoms with Gasteiger partial charge in [0.2, 0.25) is 0 Å². The lowest BCUT2D eigenvalue weighted by Gasteiger charge is -2.30. The predicted molar refractivity (Wildman–Crippen MR) is 80.2 cm³/mol. The van der Waals surface area contributed by atoms with Crippen molar-refractivity contribution in [1.82, 2.24) is 15.1 Å². The normalized spacial score (nSPS) is 23.2. The van der Waals surface area contributed by atoms with Crippen LogP contribution >= 0.6 is 0 Å². The maximum atomic E-state index is 3.22. The number of rotatable bonds is 8. The first-order chi connectivity index (χ1) is 8.77. The summed E-state index contributed by atoms with van der Waals surface area (Å²) in [6.07, 6.45) is 8.12. The molecule has 3 heteroatoms. The zero-order valence-electron chi connectivity index (χ0n) is 12.7. The zero-order chi connectivity index (χ0) is 13.2. The fourth-order valence-electron chi connectivity index (χ4n) is 2.94. The first-order valence-electron chi connectivity index (χ1n) is 7.85. The maximum absolute atomic E-state index is 3.22. The molecule has 1 saturated heterocycles. The van der Waals surface area contributed by atoms with Gasteiger partial charge in [0.05, 0.1) is 0 Å². The molecular weight excluding hydrogens is 222 g/mol. The molecule has 3 nitrogen and oxygen atoms in total. The smallest absolute Gasteiger partial charge is 0.0220 e. The lowest BCUT2D eigenvalue weighted by atomic mass is 10.1. The van der Waals surface area contributed by atoms with Crippen molar-refractivity contribution in [3.05, 3.63) is 0 Å². The molecule has 0 spiro atoms. The summed E-state index contributed by atoms with van der Waals surface area (Å²) in [4.78, 5) is 5.24. The Morgan fingerprint density at radius 3 is 2.61 bits per heavy atom. The number of unbranched alkanes of at least 4 members (excludes halogenated alkanes) is 3. The van der Waals surface area contributed by atoms with E-state index in [1.54, 1.807) is 0 Å². The Bertz CT molecular complexity index is 196. The Hall–Kier alpha value is -0.120. The van der Waals surface area contributed by atoms with E-state index in [0.29, 0.717) is 0 Å². The molecule has 1 unspecified atom stereocenters. The molecule has 1 heterocycles. The van der Waals surface area contributed by atoms with Crippen LogP contribution in [-0.2, 0) is 0 Å². The maximum Gasteiger partial charge on any atom is 0.0220 e. The van der Waals surface area contributed by atoms with Crippen molar-refractivity contribution in [3.63, 3.8) is 0 Å². The molecule has 1 atom stereocenters. The topological polar surface area (TPSA) is 18.5 Å². The Morgan fingerprint density at radius 2 is 1.89 bits per heavy atom. The highest BCUT2D eigenvalue weighted by molar-refractivity contribution is 4.77. The lowest BCUT2D eigenvalue weighted by Crippen LogP contribution is -2.40. The first-order valence-corrected chi connectivity index (χ1v) is 7.85. The highest BCUT2D eigenvalue weighted by Gasteiger charge is 2.20. The zero-order valence-corrected chi connectivity index (χ0v) is 12.7. The lowest BCUT2D eigenvalue weighted by molar-refractivity contribution is 0.180. The van der Waals surface area contributed by atoms with E-state index < -0.39 is 0 Å². The van der Waals surface area contributed by atoms with Gasteiger partial charge in [0, 0.05) is 12.6 Å². The van der Waals surface area contributed by atoms with Crippen LogP contribution in [-0.4, -0.2) is 62.7 Å². The molecule has 0 radical (unpaired) electrons. The number of nitrogens with zero attached hydrogens (tertiary/aromatic N) is 2. The van der Waals surface area contributed by atoms with Gasteiger partial charge in [-0.3, -0.25) is 4.90 Å². The standard InChI is InChI=1S/C15H33N3/c1-4-15-14-17(3)11-9-13-18(15)12-8-6-5-7-10-16-2/h15-16H,4-14H2,1-3H3. The van der Waals surface area contributed by atoms with Crippen LogP contribution in [0.4, 0.5) is 0 Å². The minimum atomic E-state index is 0.787. The molecule has 1 N–H and O–H groups in total. The first kappa shape index (κ1) is 15.9. The van der Waals surface area contributed by atoms with Crippen LogP contribution in [0.3, 0.4) is 0 Å². The SMILES string of the molecule is CCC1CN(C)CCCN1CCCCCCNC. The fraction of sp³-hybridized carbons (Fsp3) is 1.00. The van der Waals surface area contributed by atoms with Gasteiger partial charge in [-0.2, -0.15) is 0 Å². The summed E-state index contributed by atoms with van der Waals surface area (Å²) >= 11 is 0. The number of likely N-dealkylation sites (N-methyl/N-ethyl adjacent to an activating group) is 1. The van der Waals surface area contributed by atoms with Gasteiger partial charge in [0.15, 0.2) is 0 Å². The van der Waals surface area contributed by atoms with Gasteiger partial charge in [-0.05, 0) is 66.0 Å². The molecule has 0 bridgehead atoms. The van der Waals surface area contributed by atoms with E-state index in [1.165, 1.54) is 71.2 Å². The van der Waals surface area contributed by atoms with Crippen molar-refractivity contribution in [1.29, 1.82) is 0 Å². The van der Waals surface area contributed by atoms with Gasteiger partial charge in [-0.25, -0.2) is 0 Å². The van der Waals surface area contributed by atoms with Crippen LogP contribution in [0.5, 0.6) is 0 Å². The predicted octanol–water partition coefficient (Wildman–Crippen LogP) is 2.18. The largest absolute Gasteiger partial charge is 0.320 e. The van der Waals surface area contributed by atoms with Crippen molar-refractivity contribution >= 4 is 0 Å². The van der Waals surface area contributed by atoms with Gasteiger partial charge in [-0.15, -0.1) is 0 Å². The van der Waals surface area contributed by atoms with Crippen molar-refractivity contribution in [2.75, 3.05) is 46.8 Å². The quantitative estimate of drug-likeness (QED) is 0.671. The molecule has 0 amide bonds. The molecule has 0 aromatic rings. The van der Waals surface area contributed by atoms with E-state index in [9.17, 15) is 0 Å². The summed E-state index contributed by atoms with van der Waals surface area (Å²) in [6, 6.07) is 0.787. The van der Waals surface area contributed by atoms with Crippen LogP contribution in [0.1, 0.15) is 45.4 Å². The molecule has 1 aliphatic heterocycles. The summed E-state index contributed by atoms with van der Waals surface area (Å²) in [7, 11) is 4.31. The van der Waals surface area contributed by atoms with Crippen LogP contribution in [0.25, 0.3) is 0 Å². The van der Waals surface area contributed by atoms with E-state index in [2.05, 4.69) is 29.1 Å². The second kappa shape index (κ2) is 9.76. The van der Waals surface area contributed by atoms with Gasteiger partial charge in [0.25, 0.3) is 0 Å². The van der Waals surface area contributed by atoms with Crippen molar-refractivity contribution in [2.45, 2.75) is 51.5 Å². The number of hydrogen-bond acceptors (Lipinski definition) is 3. The van der Waals surface area contributed by atoms with Crippen LogP contribution in [0.2, 0.25) is 0 Å². The Morgan fingerprint density at radius 1 is 1.11 bits per heavy atom. The number of hydrogen-bond donors (Lipinski definition) is 1. The molecule has 18 heavy (non-hydrogen) atoms. The molecule has 0 aliphatic carbocycles. The van der Waals surface area contributed by atoms with Gasteiger partial charge in [0.1, 0.15) is 0 Å². The Kier molecular flexibility index (Phi) is 8.64. The van der Waals surface area contributed by atoms with E-state index in [0.717, 1.165) is 6.04 Å². The Labute approximate surface area is 114 Å². The average Bonchev–Trinajstić information content (AvgIpc) is 2.55. The summed E-state index contributed by atoms with van der Waals surface area (Å²) in [5.74, 6) is 0. The average molecular weight is 255 g/mol. The van der Waals surface area contributed by atoms with Crippen molar-refractivity contribution < 1.29 is 0 Å². The molecule has 0 aromatic heterocycles. The molecular formula is C15H33N3. The van der Waals surface area contributed by atoms with Crippen LogP contribution in [0, 0.1) is 0 Å². The molecule has 0 saturated carbocycles. The van der Waals surface area contributed by atoms with Crippen molar-refractivity contribution in [2.24, 2.45) is 0 Å². The van der Waals surface area contributed by atoms with Crippen molar-refractivity contribution in [3.8, 4) is 0 Å². The monoisotopic (exact) mass is 255 g/mol. The minimum Gasteiger partial charge on any atom is -0.320 e.